The van der Waals surface area contributed by atoms with Gasteiger partial charge in [-0.25, -0.2) is 0 Å². The first kappa shape index (κ1) is 14.5. The van der Waals surface area contributed by atoms with Crippen LogP contribution in [0.25, 0.3) is 0 Å². The highest BCUT2D eigenvalue weighted by Gasteiger charge is 2.07. The fourth-order valence-corrected chi connectivity index (χ4v) is 1.66. The fourth-order valence-electron chi connectivity index (χ4n) is 1.36. The first-order valence-electron chi connectivity index (χ1n) is 5.69. The third kappa shape index (κ3) is 5.07. The normalized spacial score (nSPS) is 10.9. The molecule has 2 nitrogen and oxygen atoms in total. The second kappa shape index (κ2) is 7.00. The molecule has 0 saturated carbocycles. The van der Waals surface area contributed by atoms with Gasteiger partial charge in [0, 0.05) is 5.56 Å². The zero-order chi connectivity index (χ0) is 12.8. The molecule has 0 heterocycles. The molecule has 4 heteroatoms. The van der Waals surface area contributed by atoms with E-state index in [1.54, 1.807) is 18.2 Å². The van der Waals surface area contributed by atoms with Crippen molar-refractivity contribution in [2.24, 2.45) is 5.92 Å². The third-order valence-corrected chi connectivity index (χ3v) is 3.16. The number of carbonyl (C=O) groups excluding carboxylic acids is 1. The molecule has 0 aliphatic heterocycles. The van der Waals surface area contributed by atoms with E-state index in [0.717, 1.165) is 13.0 Å². The highest BCUT2D eigenvalue weighted by molar-refractivity contribution is 6.42. The minimum atomic E-state index is 0.0346. The Hall–Kier alpha value is -0.570. The molecule has 1 aromatic carbocycles. The minimum absolute atomic E-state index is 0.0346. The van der Waals surface area contributed by atoms with E-state index in [4.69, 9.17) is 23.2 Å². The molecule has 0 radical (unpaired) electrons. The Kier molecular flexibility index (Phi) is 5.96. The lowest BCUT2D eigenvalue weighted by Crippen LogP contribution is -2.24. The summed E-state index contributed by atoms with van der Waals surface area (Å²) in [5.74, 6) is 0.676. The molecule has 1 aromatic rings. The van der Waals surface area contributed by atoms with Gasteiger partial charge in [-0.1, -0.05) is 37.0 Å². The van der Waals surface area contributed by atoms with E-state index in [0.29, 0.717) is 28.1 Å². The first-order chi connectivity index (χ1) is 8.00. The van der Waals surface area contributed by atoms with Gasteiger partial charge in [0.15, 0.2) is 5.78 Å². The molecule has 94 valence electrons. The van der Waals surface area contributed by atoms with Gasteiger partial charge in [0.05, 0.1) is 16.6 Å². The second-order valence-corrected chi connectivity index (χ2v) is 5.23. The van der Waals surface area contributed by atoms with Crippen LogP contribution in [0.1, 0.15) is 30.6 Å². The summed E-state index contributed by atoms with van der Waals surface area (Å²) in [5.41, 5.74) is 0.594. The van der Waals surface area contributed by atoms with Crippen molar-refractivity contribution in [1.29, 1.82) is 0 Å². The van der Waals surface area contributed by atoms with Crippen LogP contribution in [-0.2, 0) is 0 Å². The fraction of sp³-hybridized carbons (Fsp3) is 0.462. The third-order valence-electron chi connectivity index (χ3n) is 2.43. The van der Waals surface area contributed by atoms with E-state index < -0.39 is 0 Å². The zero-order valence-electron chi connectivity index (χ0n) is 10.1. The maximum atomic E-state index is 11.8. The molecule has 1 rings (SSSR count). The molecular formula is C13H17Cl2NO. The van der Waals surface area contributed by atoms with Crippen LogP contribution in [0, 0.1) is 5.92 Å². The summed E-state index contributed by atoms with van der Waals surface area (Å²) in [6, 6.07) is 4.95. The summed E-state index contributed by atoms with van der Waals surface area (Å²) in [4.78, 5) is 11.8. The van der Waals surface area contributed by atoms with Gasteiger partial charge in [-0.2, -0.15) is 0 Å². The molecule has 0 aliphatic carbocycles. The monoisotopic (exact) mass is 273 g/mol. The highest BCUT2D eigenvalue weighted by Crippen LogP contribution is 2.22. The number of rotatable bonds is 6. The van der Waals surface area contributed by atoms with Gasteiger partial charge in [0.2, 0.25) is 0 Å². The van der Waals surface area contributed by atoms with Crippen LogP contribution in [0.4, 0.5) is 0 Å². The molecule has 1 N–H and O–H groups in total. The number of hydrogen-bond acceptors (Lipinski definition) is 2. The largest absolute Gasteiger partial charge is 0.310 e. The summed E-state index contributed by atoms with van der Waals surface area (Å²) < 4.78 is 0. The van der Waals surface area contributed by atoms with Crippen LogP contribution < -0.4 is 5.32 Å². The second-order valence-electron chi connectivity index (χ2n) is 4.41. The van der Waals surface area contributed by atoms with E-state index in [9.17, 15) is 4.79 Å². The summed E-state index contributed by atoms with van der Waals surface area (Å²) in [7, 11) is 0. The lowest BCUT2D eigenvalue weighted by Gasteiger charge is -2.07. The molecule has 0 amide bonds. The lowest BCUT2D eigenvalue weighted by molar-refractivity contribution is 0.0991. The van der Waals surface area contributed by atoms with Crippen LogP contribution in [0.5, 0.6) is 0 Å². The summed E-state index contributed by atoms with van der Waals surface area (Å²) >= 11 is 11.6. The molecule has 0 atom stereocenters. The standard InChI is InChI=1S/C13H17Cl2NO/c1-9(2)5-6-16-8-13(17)10-3-4-11(14)12(15)7-10/h3-4,7,9,16H,5-6,8H2,1-2H3. The van der Waals surface area contributed by atoms with Crippen molar-refractivity contribution in [1.82, 2.24) is 5.32 Å². The Morgan fingerprint density at radius 2 is 2.00 bits per heavy atom. The SMILES string of the molecule is CC(C)CCNCC(=O)c1ccc(Cl)c(Cl)c1. The summed E-state index contributed by atoms with van der Waals surface area (Å²) in [6.07, 6.45) is 1.06. The van der Waals surface area contributed by atoms with Crippen molar-refractivity contribution in [2.45, 2.75) is 20.3 Å². The number of halogens is 2. The Labute approximate surface area is 112 Å². The quantitative estimate of drug-likeness (QED) is 0.631. The van der Waals surface area contributed by atoms with Crippen LogP contribution in [0.15, 0.2) is 18.2 Å². The van der Waals surface area contributed by atoms with E-state index in [1.165, 1.54) is 0 Å². The predicted octanol–water partition coefficient (Wildman–Crippen LogP) is 3.81. The number of Topliss-reactive ketones (excluding diaryl/α,β-unsaturated/α-hetero) is 1. The van der Waals surface area contributed by atoms with Gasteiger partial charge in [-0.05, 0) is 37.1 Å². The number of benzene rings is 1. The first-order valence-corrected chi connectivity index (χ1v) is 6.45. The maximum Gasteiger partial charge on any atom is 0.176 e. The van der Waals surface area contributed by atoms with Crippen LogP contribution >= 0.6 is 23.2 Å². The molecule has 0 bridgehead atoms. The average molecular weight is 274 g/mol. The predicted molar refractivity (Wildman–Crippen MR) is 73.1 cm³/mol. The van der Waals surface area contributed by atoms with E-state index in [2.05, 4.69) is 19.2 Å². The van der Waals surface area contributed by atoms with Crippen molar-refractivity contribution in [3.8, 4) is 0 Å². The van der Waals surface area contributed by atoms with E-state index in [-0.39, 0.29) is 5.78 Å². The van der Waals surface area contributed by atoms with Gasteiger partial charge in [-0.3, -0.25) is 4.79 Å². The molecule has 0 aromatic heterocycles. The number of carbonyl (C=O) groups is 1. The Morgan fingerprint density at radius 1 is 1.29 bits per heavy atom. The van der Waals surface area contributed by atoms with Crippen molar-refractivity contribution >= 4 is 29.0 Å². The molecule has 0 unspecified atom stereocenters. The Bertz CT molecular complexity index is 391. The van der Waals surface area contributed by atoms with Crippen LogP contribution in [0.3, 0.4) is 0 Å². The smallest absolute Gasteiger partial charge is 0.176 e. The topological polar surface area (TPSA) is 29.1 Å². The lowest BCUT2D eigenvalue weighted by atomic mass is 10.1. The van der Waals surface area contributed by atoms with Gasteiger partial charge < -0.3 is 5.32 Å². The van der Waals surface area contributed by atoms with Crippen molar-refractivity contribution in [3.05, 3.63) is 33.8 Å². The van der Waals surface area contributed by atoms with Gasteiger partial charge >= 0.3 is 0 Å². The van der Waals surface area contributed by atoms with Gasteiger partial charge in [0.25, 0.3) is 0 Å². The van der Waals surface area contributed by atoms with E-state index >= 15 is 0 Å². The van der Waals surface area contributed by atoms with Crippen LogP contribution in [0.2, 0.25) is 10.0 Å². The Balaban J connectivity index is 2.44. The molecule has 0 aliphatic rings. The number of hydrogen-bond donors (Lipinski definition) is 1. The molecular weight excluding hydrogens is 257 g/mol. The number of ketones is 1. The summed E-state index contributed by atoms with van der Waals surface area (Å²) in [6.45, 7) is 5.50. The van der Waals surface area contributed by atoms with Crippen molar-refractivity contribution in [2.75, 3.05) is 13.1 Å². The van der Waals surface area contributed by atoms with Crippen molar-refractivity contribution < 1.29 is 4.79 Å². The average Bonchev–Trinajstić information content (AvgIpc) is 2.27. The highest BCUT2D eigenvalue weighted by atomic mass is 35.5. The van der Waals surface area contributed by atoms with Crippen LogP contribution in [-0.4, -0.2) is 18.9 Å². The number of nitrogens with one attached hydrogen (secondary N) is 1. The molecule has 0 fully saturated rings. The minimum Gasteiger partial charge on any atom is -0.310 e. The maximum absolute atomic E-state index is 11.8. The Morgan fingerprint density at radius 3 is 2.59 bits per heavy atom. The van der Waals surface area contributed by atoms with Gasteiger partial charge in [-0.15, -0.1) is 0 Å². The molecule has 0 spiro atoms. The van der Waals surface area contributed by atoms with Gasteiger partial charge in [0.1, 0.15) is 0 Å². The zero-order valence-corrected chi connectivity index (χ0v) is 11.6. The van der Waals surface area contributed by atoms with Crippen molar-refractivity contribution in [3.63, 3.8) is 0 Å². The molecule has 17 heavy (non-hydrogen) atoms. The summed E-state index contributed by atoms with van der Waals surface area (Å²) in [5, 5.41) is 4.01. The van der Waals surface area contributed by atoms with E-state index in [1.807, 2.05) is 0 Å². The molecule has 0 saturated heterocycles.